The highest BCUT2D eigenvalue weighted by atomic mass is 19.3. The minimum absolute atomic E-state index is 0.0493. The van der Waals surface area contributed by atoms with Crippen LogP contribution in [0.5, 0.6) is 0 Å². The van der Waals surface area contributed by atoms with Crippen molar-refractivity contribution >= 4 is 11.6 Å². The molecule has 0 radical (unpaired) electrons. The molecule has 2 fully saturated rings. The van der Waals surface area contributed by atoms with E-state index in [0.29, 0.717) is 23.0 Å². The van der Waals surface area contributed by atoms with Crippen molar-refractivity contribution in [3.63, 3.8) is 0 Å². The van der Waals surface area contributed by atoms with Crippen molar-refractivity contribution in [2.45, 2.75) is 57.4 Å². The number of carbonyl (C=O) groups excluding carboxylic acids is 1. The third-order valence-electron chi connectivity index (χ3n) is 7.37. The SMILES string of the molecule is CC(C)N1CCC(N2CC(F)(C(=O)N(Cc3ccc(-c4nnc(C(F)F)o4)cn3)c3ccccc3)C2)CC1. The normalized spacial score (nSPS) is 18.6. The quantitative estimate of drug-likeness (QED) is 0.426. The molecular weight excluding hydrogens is 497 g/mol. The van der Waals surface area contributed by atoms with Crippen LogP contribution in [0.3, 0.4) is 0 Å². The maximum absolute atomic E-state index is 15.9. The summed E-state index contributed by atoms with van der Waals surface area (Å²) >= 11 is 0. The van der Waals surface area contributed by atoms with Crippen molar-refractivity contribution in [3.8, 4) is 11.5 Å². The Morgan fingerprint density at radius 1 is 1.11 bits per heavy atom. The van der Waals surface area contributed by atoms with E-state index < -0.39 is 23.9 Å². The van der Waals surface area contributed by atoms with E-state index in [0.717, 1.165) is 25.9 Å². The van der Waals surface area contributed by atoms with Gasteiger partial charge in [-0.2, -0.15) is 8.78 Å². The van der Waals surface area contributed by atoms with E-state index in [9.17, 15) is 13.6 Å². The summed E-state index contributed by atoms with van der Waals surface area (Å²) in [7, 11) is 0. The number of anilines is 1. The highest BCUT2D eigenvalue weighted by Crippen LogP contribution is 2.35. The van der Waals surface area contributed by atoms with Crippen molar-refractivity contribution in [1.82, 2.24) is 25.0 Å². The molecule has 0 N–H and O–H groups in total. The van der Waals surface area contributed by atoms with Crippen LogP contribution in [0.1, 0.15) is 44.7 Å². The molecule has 2 aromatic heterocycles. The first-order valence-electron chi connectivity index (χ1n) is 12.8. The Bertz CT molecular complexity index is 1220. The van der Waals surface area contributed by atoms with Gasteiger partial charge in [0.1, 0.15) is 0 Å². The second-order valence-electron chi connectivity index (χ2n) is 10.2. The zero-order chi connectivity index (χ0) is 26.9. The Labute approximate surface area is 219 Å². The molecule has 8 nitrogen and oxygen atoms in total. The van der Waals surface area contributed by atoms with E-state index in [-0.39, 0.29) is 31.6 Å². The van der Waals surface area contributed by atoms with Crippen LogP contribution in [0.25, 0.3) is 11.5 Å². The number of aromatic nitrogens is 3. The van der Waals surface area contributed by atoms with Crippen LogP contribution < -0.4 is 4.90 Å². The second kappa shape index (κ2) is 10.8. The van der Waals surface area contributed by atoms with Crippen LogP contribution in [-0.4, -0.2) is 74.8 Å². The van der Waals surface area contributed by atoms with Gasteiger partial charge in [-0.1, -0.05) is 18.2 Å². The Morgan fingerprint density at radius 3 is 2.39 bits per heavy atom. The maximum Gasteiger partial charge on any atom is 0.314 e. The summed E-state index contributed by atoms with van der Waals surface area (Å²) < 4.78 is 46.4. The van der Waals surface area contributed by atoms with Gasteiger partial charge in [0.05, 0.1) is 17.8 Å². The van der Waals surface area contributed by atoms with E-state index in [1.807, 2.05) is 6.07 Å². The van der Waals surface area contributed by atoms with Crippen LogP contribution in [0.2, 0.25) is 0 Å². The van der Waals surface area contributed by atoms with E-state index >= 15 is 4.39 Å². The number of rotatable bonds is 8. The number of carbonyl (C=O) groups is 1. The first-order chi connectivity index (χ1) is 18.2. The number of benzene rings is 1. The van der Waals surface area contributed by atoms with Crippen LogP contribution >= 0.6 is 0 Å². The summed E-state index contributed by atoms with van der Waals surface area (Å²) in [4.78, 5) is 23.8. The summed E-state index contributed by atoms with van der Waals surface area (Å²) in [5.74, 6) is -1.44. The Hall–Kier alpha value is -3.31. The number of hydrogen-bond acceptors (Lipinski definition) is 7. The number of amides is 1. The second-order valence-corrected chi connectivity index (χ2v) is 10.2. The minimum Gasteiger partial charge on any atom is -0.415 e. The topological polar surface area (TPSA) is 78.6 Å². The molecule has 0 atom stereocenters. The first kappa shape index (κ1) is 26.3. The Morgan fingerprint density at radius 2 is 1.82 bits per heavy atom. The number of nitrogens with zero attached hydrogens (tertiary/aromatic N) is 6. The highest BCUT2D eigenvalue weighted by molar-refractivity contribution is 6.00. The predicted molar refractivity (Wildman–Crippen MR) is 135 cm³/mol. The lowest BCUT2D eigenvalue weighted by Gasteiger charge is -2.50. The van der Waals surface area contributed by atoms with Gasteiger partial charge in [0.15, 0.2) is 0 Å². The smallest absolute Gasteiger partial charge is 0.314 e. The molecule has 2 aliphatic rings. The number of alkyl halides is 3. The third kappa shape index (κ3) is 5.44. The summed E-state index contributed by atoms with van der Waals surface area (Å²) in [6.45, 7) is 6.55. The fraction of sp³-hybridized carbons (Fsp3) is 0.481. The Kier molecular flexibility index (Phi) is 7.49. The lowest BCUT2D eigenvalue weighted by Crippen LogP contribution is -2.69. The molecule has 38 heavy (non-hydrogen) atoms. The molecule has 0 spiro atoms. The number of para-hydroxylation sites is 1. The van der Waals surface area contributed by atoms with Crippen LogP contribution in [0.4, 0.5) is 18.9 Å². The number of piperidine rings is 1. The van der Waals surface area contributed by atoms with Crippen LogP contribution in [-0.2, 0) is 11.3 Å². The molecule has 3 aromatic rings. The lowest BCUT2D eigenvalue weighted by atomic mass is 9.89. The average Bonchev–Trinajstić information content (AvgIpc) is 3.41. The molecule has 4 heterocycles. The molecule has 1 aromatic carbocycles. The van der Waals surface area contributed by atoms with E-state index in [2.05, 4.69) is 38.8 Å². The fourth-order valence-electron chi connectivity index (χ4n) is 5.13. The molecule has 0 aliphatic carbocycles. The highest BCUT2D eigenvalue weighted by Gasteiger charge is 2.54. The maximum atomic E-state index is 15.9. The van der Waals surface area contributed by atoms with Crippen LogP contribution in [0, 0.1) is 0 Å². The zero-order valence-electron chi connectivity index (χ0n) is 21.4. The van der Waals surface area contributed by atoms with Gasteiger partial charge in [0.25, 0.3) is 11.8 Å². The van der Waals surface area contributed by atoms with Gasteiger partial charge in [-0.15, -0.1) is 10.2 Å². The van der Waals surface area contributed by atoms with Crippen molar-refractivity contribution in [2.24, 2.45) is 0 Å². The molecule has 202 valence electrons. The molecule has 0 unspecified atom stereocenters. The summed E-state index contributed by atoms with van der Waals surface area (Å²) in [6, 6.07) is 13.0. The van der Waals surface area contributed by atoms with E-state index in [1.54, 1.807) is 36.4 Å². The molecule has 11 heteroatoms. The number of halogens is 3. The van der Waals surface area contributed by atoms with Gasteiger partial charge >= 0.3 is 6.43 Å². The van der Waals surface area contributed by atoms with Gasteiger partial charge in [-0.3, -0.25) is 14.7 Å². The largest absolute Gasteiger partial charge is 0.415 e. The predicted octanol–water partition coefficient (Wildman–Crippen LogP) is 4.50. The van der Waals surface area contributed by atoms with Gasteiger partial charge < -0.3 is 14.2 Å². The minimum atomic E-state index is -2.86. The number of likely N-dealkylation sites (tertiary alicyclic amines) is 2. The average molecular weight is 529 g/mol. The lowest BCUT2D eigenvalue weighted by molar-refractivity contribution is -0.146. The summed E-state index contributed by atoms with van der Waals surface area (Å²) in [5.41, 5.74) is -0.533. The molecule has 2 saturated heterocycles. The first-order valence-corrected chi connectivity index (χ1v) is 12.8. The van der Waals surface area contributed by atoms with Crippen molar-refractivity contribution < 1.29 is 22.4 Å². The van der Waals surface area contributed by atoms with E-state index in [1.165, 1.54) is 11.1 Å². The Balaban J connectivity index is 1.27. The molecule has 5 rings (SSSR count). The molecule has 2 aliphatic heterocycles. The van der Waals surface area contributed by atoms with Gasteiger partial charge in [-0.05, 0) is 64.0 Å². The van der Waals surface area contributed by atoms with Crippen molar-refractivity contribution in [1.29, 1.82) is 0 Å². The monoisotopic (exact) mass is 528 g/mol. The number of pyridine rings is 1. The van der Waals surface area contributed by atoms with Crippen molar-refractivity contribution in [2.75, 3.05) is 31.1 Å². The van der Waals surface area contributed by atoms with Gasteiger partial charge in [-0.25, -0.2) is 4.39 Å². The molecular formula is C27H31F3N6O2. The van der Waals surface area contributed by atoms with Crippen LogP contribution in [0.15, 0.2) is 53.1 Å². The third-order valence-corrected chi connectivity index (χ3v) is 7.37. The summed E-state index contributed by atoms with van der Waals surface area (Å²) in [5, 5.41) is 6.95. The zero-order valence-corrected chi connectivity index (χ0v) is 21.4. The molecule has 1 amide bonds. The molecule has 0 saturated carbocycles. The van der Waals surface area contributed by atoms with Gasteiger partial charge in [0.2, 0.25) is 11.6 Å². The standard InChI is InChI=1S/C27H31F3N6O2/c1-18(2)34-12-10-21(11-13-34)35-16-27(30,17-35)26(37)36(22-6-4-3-5-7-22)15-20-9-8-19(14-31-20)24-32-33-25(38-24)23(28)29/h3-9,14,18,21,23H,10-13,15-17H2,1-2H3. The molecule has 0 bridgehead atoms. The number of hydrogen-bond donors (Lipinski definition) is 0. The summed E-state index contributed by atoms with van der Waals surface area (Å²) in [6.07, 6.45) is 0.489. The van der Waals surface area contributed by atoms with Gasteiger partial charge in [0, 0.05) is 37.1 Å². The fourth-order valence-corrected chi connectivity index (χ4v) is 5.13. The van der Waals surface area contributed by atoms with E-state index in [4.69, 9.17) is 4.42 Å². The van der Waals surface area contributed by atoms with Crippen molar-refractivity contribution in [3.05, 3.63) is 60.2 Å².